The minimum absolute atomic E-state index is 0.169. The standard InChI is InChI=1S/C18H22BrNS/c1-12-8-13(2)16(14(3)9-12)10-15(20)11-21-18-7-5-4-6-17(18)19/h4-9,15H,10-11,20H2,1-3H3. The van der Waals surface area contributed by atoms with Crippen molar-refractivity contribution in [2.45, 2.75) is 38.1 Å². The Morgan fingerprint density at radius 1 is 1.10 bits per heavy atom. The van der Waals surface area contributed by atoms with Gasteiger partial charge in [-0.15, -0.1) is 11.8 Å². The van der Waals surface area contributed by atoms with Crippen molar-refractivity contribution < 1.29 is 0 Å². The molecule has 2 N–H and O–H groups in total. The molecule has 0 spiro atoms. The van der Waals surface area contributed by atoms with Gasteiger partial charge in [0.25, 0.3) is 0 Å². The number of thioether (sulfide) groups is 1. The van der Waals surface area contributed by atoms with Crippen molar-refractivity contribution in [2.75, 3.05) is 5.75 Å². The van der Waals surface area contributed by atoms with Crippen LogP contribution in [0.25, 0.3) is 0 Å². The fraction of sp³-hybridized carbons (Fsp3) is 0.333. The quantitative estimate of drug-likeness (QED) is 0.753. The highest BCUT2D eigenvalue weighted by Crippen LogP contribution is 2.28. The maximum absolute atomic E-state index is 6.34. The third kappa shape index (κ3) is 4.60. The first kappa shape index (κ1) is 16.6. The minimum Gasteiger partial charge on any atom is -0.327 e. The summed E-state index contributed by atoms with van der Waals surface area (Å²) in [5.74, 6) is 0.926. The fourth-order valence-corrected chi connectivity index (χ4v) is 4.13. The average Bonchev–Trinajstić information content (AvgIpc) is 2.42. The molecule has 2 aromatic rings. The summed E-state index contributed by atoms with van der Waals surface area (Å²) < 4.78 is 1.14. The molecule has 2 aromatic carbocycles. The highest BCUT2D eigenvalue weighted by atomic mass is 79.9. The highest BCUT2D eigenvalue weighted by molar-refractivity contribution is 9.10. The molecular weight excluding hydrogens is 342 g/mol. The van der Waals surface area contributed by atoms with Crippen LogP contribution in [-0.2, 0) is 6.42 Å². The summed E-state index contributed by atoms with van der Waals surface area (Å²) in [7, 11) is 0. The van der Waals surface area contributed by atoms with E-state index >= 15 is 0 Å². The van der Waals surface area contributed by atoms with E-state index in [1.54, 1.807) is 0 Å². The molecule has 0 amide bonds. The van der Waals surface area contributed by atoms with Crippen LogP contribution in [0.2, 0.25) is 0 Å². The first-order chi connectivity index (χ1) is 9.97. The number of hydrogen-bond acceptors (Lipinski definition) is 2. The van der Waals surface area contributed by atoms with Gasteiger partial charge in [0.1, 0.15) is 0 Å². The van der Waals surface area contributed by atoms with Gasteiger partial charge in [0.05, 0.1) is 0 Å². The molecule has 0 aliphatic rings. The number of halogens is 1. The van der Waals surface area contributed by atoms with E-state index < -0.39 is 0 Å². The van der Waals surface area contributed by atoms with Crippen LogP contribution in [0.4, 0.5) is 0 Å². The molecule has 0 bridgehead atoms. The lowest BCUT2D eigenvalue weighted by Gasteiger charge is -2.16. The van der Waals surface area contributed by atoms with E-state index in [2.05, 4.69) is 67.0 Å². The Morgan fingerprint density at radius 2 is 1.71 bits per heavy atom. The van der Waals surface area contributed by atoms with Crippen LogP contribution >= 0.6 is 27.7 Å². The maximum atomic E-state index is 6.34. The van der Waals surface area contributed by atoms with Crippen molar-refractivity contribution in [3.8, 4) is 0 Å². The smallest absolute Gasteiger partial charge is 0.0311 e. The van der Waals surface area contributed by atoms with Gasteiger partial charge in [-0.05, 0) is 71.9 Å². The Labute approximate surface area is 140 Å². The molecule has 2 rings (SSSR count). The first-order valence-corrected chi connectivity index (χ1v) is 8.95. The third-order valence-corrected chi connectivity index (χ3v) is 5.81. The first-order valence-electron chi connectivity index (χ1n) is 7.17. The van der Waals surface area contributed by atoms with Crippen molar-refractivity contribution in [2.24, 2.45) is 5.73 Å². The third-order valence-electron chi connectivity index (χ3n) is 3.60. The van der Waals surface area contributed by atoms with Crippen LogP contribution in [0.1, 0.15) is 22.3 Å². The average molecular weight is 364 g/mol. The zero-order chi connectivity index (χ0) is 15.4. The van der Waals surface area contributed by atoms with E-state index in [1.807, 2.05) is 17.8 Å². The Morgan fingerprint density at radius 3 is 2.33 bits per heavy atom. The monoisotopic (exact) mass is 363 g/mol. The predicted molar refractivity (Wildman–Crippen MR) is 97.2 cm³/mol. The molecule has 0 saturated heterocycles. The number of nitrogens with two attached hydrogens (primary N) is 1. The topological polar surface area (TPSA) is 26.0 Å². The summed E-state index contributed by atoms with van der Waals surface area (Å²) in [4.78, 5) is 1.25. The van der Waals surface area contributed by atoms with Crippen LogP contribution in [0.15, 0.2) is 45.8 Å². The molecule has 21 heavy (non-hydrogen) atoms. The molecule has 1 nitrogen and oxygen atoms in total. The zero-order valence-corrected chi connectivity index (χ0v) is 15.2. The molecule has 0 aromatic heterocycles. The van der Waals surface area contributed by atoms with Crippen molar-refractivity contribution in [1.82, 2.24) is 0 Å². The van der Waals surface area contributed by atoms with Gasteiger partial charge >= 0.3 is 0 Å². The van der Waals surface area contributed by atoms with Gasteiger partial charge < -0.3 is 5.73 Å². The Bertz CT molecular complexity index is 601. The van der Waals surface area contributed by atoms with Gasteiger partial charge in [0, 0.05) is 21.2 Å². The second-order valence-electron chi connectivity index (χ2n) is 5.58. The lowest BCUT2D eigenvalue weighted by molar-refractivity contribution is 0.741. The van der Waals surface area contributed by atoms with Gasteiger partial charge in [-0.3, -0.25) is 0 Å². The fourth-order valence-electron chi connectivity index (χ4n) is 2.61. The van der Waals surface area contributed by atoms with Crippen LogP contribution in [0, 0.1) is 20.8 Å². The van der Waals surface area contributed by atoms with E-state index in [-0.39, 0.29) is 6.04 Å². The summed E-state index contributed by atoms with van der Waals surface area (Å²) in [6, 6.07) is 13.0. The molecule has 0 saturated carbocycles. The van der Waals surface area contributed by atoms with E-state index in [1.165, 1.54) is 27.1 Å². The largest absolute Gasteiger partial charge is 0.327 e. The number of benzene rings is 2. The molecule has 1 unspecified atom stereocenters. The van der Waals surface area contributed by atoms with E-state index in [9.17, 15) is 0 Å². The van der Waals surface area contributed by atoms with Crippen molar-refractivity contribution in [3.05, 3.63) is 63.1 Å². The lowest BCUT2D eigenvalue weighted by Crippen LogP contribution is -2.26. The molecule has 0 fully saturated rings. The molecule has 1 atom stereocenters. The Kier molecular flexibility index (Phi) is 5.91. The predicted octanol–water partition coefficient (Wildman–Crippen LogP) is 5.04. The Hall–Kier alpha value is -0.770. The van der Waals surface area contributed by atoms with Crippen molar-refractivity contribution in [3.63, 3.8) is 0 Å². The number of rotatable bonds is 5. The van der Waals surface area contributed by atoms with E-state index in [0.717, 1.165) is 16.6 Å². The van der Waals surface area contributed by atoms with Crippen LogP contribution in [-0.4, -0.2) is 11.8 Å². The van der Waals surface area contributed by atoms with Gasteiger partial charge in [-0.1, -0.05) is 29.8 Å². The summed E-state index contributed by atoms with van der Waals surface area (Å²) >= 11 is 5.40. The van der Waals surface area contributed by atoms with Crippen molar-refractivity contribution in [1.29, 1.82) is 0 Å². The summed E-state index contributed by atoms with van der Waals surface area (Å²) in [6.07, 6.45) is 0.940. The minimum atomic E-state index is 0.169. The van der Waals surface area contributed by atoms with Crippen LogP contribution in [0.5, 0.6) is 0 Å². The molecule has 0 heterocycles. The summed E-state index contributed by atoms with van der Waals surface area (Å²) in [5, 5.41) is 0. The van der Waals surface area contributed by atoms with Crippen LogP contribution in [0.3, 0.4) is 0 Å². The molecule has 0 aliphatic heterocycles. The van der Waals surface area contributed by atoms with Gasteiger partial charge in [0.2, 0.25) is 0 Å². The molecule has 3 heteroatoms. The Balaban J connectivity index is 1.99. The molecule has 0 radical (unpaired) electrons. The summed E-state index contributed by atoms with van der Waals surface area (Å²) in [5.41, 5.74) is 11.8. The maximum Gasteiger partial charge on any atom is 0.0311 e. The number of aryl methyl sites for hydroxylation is 3. The highest BCUT2D eigenvalue weighted by Gasteiger charge is 2.11. The van der Waals surface area contributed by atoms with Crippen LogP contribution < -0.4 is 5.73 Å². The lowest BCUT2D eigenvalue weighted by atomic mass is 9.95. The summed E-state index contributed by atoms with van der Waals surface area (Å²) in [6.45, 7) is 6.51. The van der Waals surface area contributed by atoms with E-state index in [4.69, 9.17) is 5.73 Å². The van der Waals surface area contributed by atoms with Gasteiger partial charge in [-0.2, -0.15) is 0 Å². The molecule has 0 aliphatic carbocycles. The SMILES string of the molecule is Cc1cc(C)c(CC(N)CSc2ccccc2Br)c(C)c1. The van der Waals surface area contributed by atoms with E-state index in [0.29, 0.717) is 0 Å². The van der Waals surface area contributed by atoms with Gasteiger partial charge in [0.15, 0.2) is 0 Å². The normalized spacial score (nSPS) is 12.4. The molecular formula is C18H22BrNS. The molecule has 112 valence electrons. The van der Waals surface area contributed by atoms with Gasteiger partial charge in [-0.25, -0.2) is 0 Å². The second-order valence-corrected chi connectivity index (χ2v) is 7.50. The zero-order valence-electron chi connectivity index (χ0n) is 12.8. The number of hydrogen-bond donors (Lipinski definition) is 1. The second kappa shape index (κ2) is 7.48. The van der Waals surface area contributed by atoms with Crippen molar-refractivity contribution >= 4 is 27.7 Å².